The van der Waals surface area contributed by atoms with Gasteiger partial charge in [0.05, 0.1) is 79.6 Å². The number of aromatic nitrogens is 12. The van der Waals surface area contributed by atoms with Gasteiger partial charge in [0.25, 0.3) is 0 Å². The maximum atomic E-state index is 13.8. The minimum absolute atomic E-state index is 0. The zero-order valence-electron chi connectivity index (χ0n) is 58.1. The van der Waals surface area contributed by atoms with Crippen molar-refractivity contribution in [2.24, 2.45) is 0 Å². The fraction of sp³-hybridized carbons (Fsp3) is 0.0667. The van der Waals surface area contributed by atoms with Gasteiger partial charge in [-0.1, -0.05) is 183 Å². The summed E-state index contributed by atoms with van der Waals surface area (Å²) in [5, 5.41) is 3.85. The first-order chi connectivity index (χ1) is 53.8. The second-order valence-electron chi connectivity index (χ2n) is 23.0. The molecule has 0 saturated carbocycles. The molecular weight excluding hydrogens is 2690 g/mol. The van der Waals surface area contributed by atoms with Crippen LogP contribution in [0.2, 0.25) is 0 Å². The fourth-order valence-corrected chi connectivity index (χ4v) is 11.1. The van der Waals surface area contributed by atoms with Gasteiger partial charge in [0.2, 0.25) is 0 Å². The Hall–Kier alpha value is -10.5. The van der Waals surface area contributed by atoms with Crippen molar-refractivity contribution in [1.29, 1.82) is 0 Å². The fourth-order valence-electron chi connectivity index (χ4n) is 11.1. The normalized spacial score (nSPS) is 9.78. The smallest absolute Gasteiger partial charge is 0.111 e. The molecule has 123 heavy (non-hydrogen) atoms. The van der Waals surface area contributed by atoms with E-state index in [1.165, 1.54) is 44.0 Å². The average molecular weight is 2750 g/mol. The number of halogens is 15. The third kappa shape index (κ3) is 26.1. The summed E-state index contributed by atoms with van der Waals surface area (Å²) < 4.78 is 199. The van der Waals surface area contributed by atoms with E-state index in [4.69, 9.17) is 0 Å². The molecule has 0 aliphatic carbocycles. The van der Waals surface area contributed by atoms with Gasteiger partial charge in [-0.2, -0.15) is 0 Å². The topological polar surface area (TPSA) is 155 Å². The summed E-state index contributed by atoms with van der Waals surface area (Å²) in [4.78, 5) is 48.4. The SMILES string of the molecule is C.C.C.C.C.C.Fc1[c-]c(-c2ncnc3ccccc23)c(F)c(F)c1.Fc1[c-]c(-c2ncnc3ccccc23)c(F)cc1.Fc1[c-]c(-c2ncnc3ccccc23)cc(F)c1.Fc1[c-]c(-c2ncnc3ccccc23)cc(F)c1F.Fc1c[c-]c(-c2ncnc3ccccc23)c(F)c1F.Fc1c[c-]c(-c2ncnc3ccccc23)cc1F.[Ir].[Ir].[Ir].[Ir].[Ir].[Ir]. The number of para-hydroxylation sites is 6. The molecule has 6 radical (unpaired) electrons. The van der Waals surface area contributed by atoms with Crippen molar-refractivity contribution >= 4 is 65.4 Å². The van der Waals surface area contributed by atoms with Crippen molar-refractivity contribution in [3.63, 3.8) is 0 Å². The van der Waals surface area contributed by atoms with Gasteiger partial charge in [-0.05, 0) is 85.8 Å². The number of hydrogen-bond acceptors (Lipinski definition) is 12. The van der Waals surface area contributed by atoms with Crippen LogP contribution in [0.1, 0.15) is 44.6 Å². The Labute approximate surface area is 778 Å². The van der Waals surface area contributed by atoms with Crippen molar-refractivity contribution in [3.05, 3.63) is 362 Å². The molecule has 6 heterocycles. The van der Waals surface area contributed by atoms with Gasteiger partial charge in [0.15, 0.2) is 0 Å². The van der Waals surface area contributed by atoms with E-state index in [0.29, 0.717) is 78.0 Å². The van der Waals surface area contributed by atoms with Crippen LogP contribution in [0.15, 0.2) is 238 Å². The molecule has 0 atom stereocenters. The predicted octanol–water partition coefficient (Wildman–Crippen LogP) is 24.5. The molecule has 0 unspecified atom stereocenters. The molecule has 648 valence electrons. The van der Waals surface area contributed by atoms with Gasteiger partial charge in [0, 0.05) is 167 Å². The molecule has 12 nitrogen and oxygen atoms in total. The second kappa shape index (κ2) is 50.9. The summed E-state index contributed by atoms with van der Waals surface area (Å²) >= 11 is 0. The van der Waals surface area contributed by atoms with E-state index in [0.717, 1.165) is 64.3 Å². The van der Waals surface area contributed by atoms with Crippen LogP contribution in [0.4, 0.5) is 65.9 Å². The molecular formula is C90H63F15Ir6N12-6. The molecule has 0 aliphatic heterocycles. The molecule has 0 amide bonds. The van der Waals surface area contributed by atoms with E-state index in [2.05, 4.69) is 96.2 Å². The Kier molecular flexibility index (Phi) is 45.8. The number of rotatable bonds is 6. The van der Waals surface area contributed by atoms with Crippen LogP contribution in [-0.2, 0) is 121 Å². The molecule has 0 N–H and O–H groups in total. The second-order valence-corrected chi connectivity index (χ2v) is 23.0. The molecule has 18 aromatic rings. The summed E-state index contributed by atoms with van der Waals surface area (Å²) in [6.45, 7) is 0. The largest absolute Gasteiger partial charge is 0.285 e. The summed E-state index contributed by atoms with van der Waals surface area (Å²) in [6.07, 6.45) is 7.83. The van der Waals surface area contributed by atoms with E-state index in [-0.39, 0.29) is 204 Å². The molecule has 0 fully saturated rings. The van der Waals surface area contributed by atoms with Gasteiger partial charge in [-0.3, -0.25) is 56.2 Å². The number of nitrogens with zero attached hydrogens (tertiary/aromatic N) is 12. The van der Waals surface area contributed by atoms with Gasteiger partial charge < -0.3 is 0 Å². The van der Waals surface area contributed by atoms with Crippen molar-refractivity contribution in [3.8, 4) is 67.5 Å². The zero-order chi connectivity index (χ0) is 77.8. The summed E-state index contributed by atoms with van der Waals surface area (Å²) in [5.74, 6) is -16.1. The van der Waals surface area contributed by atoms with Crippen LogP contribution in [0.5, 0.6) is 0 Å². The first-order valence-electron chi connectivity index (χ1n) is 32.3. The molecule has 0 spiro atoms. The van der Waals surface area contributed by atoms with Crippen molar-refractivity contribution < 1.29 is 186 Å². The minimum Gasteiger partial charge on any atom is -0.285 e. The number of benzene rings is 12. The quantitative estimate of drug-likeness (QED) is 0.0673. The van der Waals surface area contributed by atoms with Gasteiger partial charge in [-0.15, -0.1) is 95.6 Å². The maximum absolute atomic E-state index is 13.8. The summed E-state index contributed by atoms with van der Waals surface area (Å²) in [7, 11) is 0. The Balaban J connectivity index is 0.000000724. The summed E-state index contributed by atoms with van der Waals surface area (Å²) in [5.41, 5.74) is 6.11. The summed E-state index contributed by atoms with van der Waals surface area (Å²) in [6, 6.07) is 65.0. The first-order valence-corrected chi connectivity index (χ1v) is 32.3. The molecule has 0 bridgehead atoms. The minimum atomic E-state index is -1.54. The molecule has 0 saturated heterocycles. The molecule has 0 aliphatic rings. The zero-order valence-corrected chi connectivity index (χ0v) is 72.4. The number of hydrogen-bond donors (Lipinski definition) is 0. The molecule has 12 aromatic carbocycles. The predicted molar refractivity (Wildman–Crippen MR) is 423 cm³/mol. The molecule has 6 aromatic heterocycles. The van der Waals surface area contributed by atoms with Crippen molar-refractivity contribution in [2.45, 2.75) is 44.6 Å². The maximum Gasteiger partial charge on any atom is 0.111 e. The van der Waals surface area contributed by atoms with Crippen LogP contribution in [0, 0.1) is 124 Å². The van der Waals surface area contributed by atoms with Crippen LogP contribution in [0.25, 0.3) is 133 Å². The van der Waals surface area contributed by atoms with E-state index in [1.54, 1.807) is 97.1 Å². The van der Waals surface area contributed by atoms with Crippen molar-refractivity contribution in [1.82, 2.24) is 59.8 Å². The molecule has 33 heteroatoms. The van der Waals surface area contributed by atoms with E-state index >= 15 is 0 Å². The van der Waals surface area contributed by atoms with Crippen LogP contribution in [0.3, 0.4) is 0 Å². The molecule has 18 rings (SSSR count). The third-order valence-electron chi connectivity index (χ3n) is 16.1. The van der Waals surface area contributed by atoms with Gasteiger partial charge >= 0.3 is 0 Å². The Morgan fingerprint density at radius 3 is 0.935 bits per heavy atom. The Morgan fingerprint density at radius 1 is 0.211 bits per heavy atom. The van der Waals surface area contributed by atoms with E-state index < -0.39 is 87.3 Å². The average Bonchev–Trinajstić information content (AvgIpc) is 0.760. The van der Waals surface area contributed by atoms with Crippen LogP contribution in [-0.4, -0.2) is 59.8 Å². The first kappa shape index (κ1) is 111. The van der Waals surface area contributed by atoms with E-state index in [1.807, 2.05) is 48.5 Å². The Bertz CT molecular complexity index is 6470. The standard InChI is InChI=1S/3C14H6F3N2.3C14H7F2N2.6CH4.6Ir/c15-8-5-10(13(17)11(16)6-8)14-9-3-1-2-4-12(9)18-7-19-14;15-10-5-8(6-11(16)13(10)17)14-9-3-1-2-4-12(9)18-7-19-14;15-10-6-5-9(12(16)13(10)17)14-8-3-1-2-4-11(8)18-7-19-14;15-10-5-9(6-11(16)7-10)14-12-3-1-2-4-13(12)17-8-18-14;15-9-5-6-12(16)11(7-9)14-10-3-1-2-4-13(10)17-8-18-14;15-11-6-5-9(7-12(11)16)14-10-3-1-2-4-13(10)17-8-18-14;;;;;;;;;;;;/h1-4,6-7H;1-5,7H;1-4,6-7H;1-5,7-8H;1-6,8H;1-4,6-8H;6*1H4;;;;;;/q6*-1;;;;;;;;;;;;. The van der Waals surface area contributed by atoms with Crippen LogP contribution < -0.4 is 0 Å². The van der Waals surface area contributed by atoms with Crippen LogP contribution >= 0.6 is 0 Å². The Morgan fingerprint density at radius 2 is 0.537 bits per heavy atom. The van der Waals surface area contributed by atoms with Gasteiger partial charge in [-0.25, -0.2) is 69.4 Å². The third-order valence-corrected chi connectivity index (χ3v) is 16.1. The van der Waals surface area contributed by atoms with Gasteiger partial charge in [0.1, 0.15) is 49.6 Å². The van der Waals surface area contributed by atoms with Crippen molar-refractivity contribution in [2.75, 3.05) is 0 Å². The van der Waals surface area contributed by atoms with E-state index in [9.17, 15) is 65.9 Å². The monoisotopic (exact) mass is 2750 g/mol. The number of fused-ring (bicyclic) bond motifs is 6.